The number of piperidine rings is 1. The first-order chi connectivity index (χ1) is 18.6. The van der Waals surface area contributed by atoms with E-state index in [2.05, 4.69) is 25.9 Å². The molecule has 0 unspecified atom stereocenters. The van der Waals surface area contributed by atoms with Gasteiger partial charge in [-0.25, -0.2) is 24.4 Å². The second-order valence-corrected chi connectivity index (χ2v) is 10.4. The average molecular weight is 516 g/mol. The van der Waals surface area contributed by atoms with Crippen LogP contribution in [0.15, 0.2) is 43.1 Å². The van der Waals surface area contributed by atoms with Crippen LogP contribution in [0.25, 0.3) is 5.82 Å². The molecule has 0 N–H and O–H groups in total. The van der Waals surface area contributed by atoms with Gasteiger partial charge in [0.05, 0.1) is 30.0 Å². The molecular formula is C28H30FN7O2. The molecule has 1 saturated carbocycles. The number of nitriles is 1. The average Bonchev–Trinajstić information content (AvgIpc) is 3.43. The number of nitrogens with zero attached hydrogens (tertiary/aromatic N) is 7. The molecule has 1 atom stereocenters. The lowest BCUT2D eigenvalue weighted by Crippen LogP contribution is -2.42. The summed E-state index contributed by atoms with van der Waals surface area (Å²) in [6.45, 7) is 1.14. The van der Waals surface area contributed by atoms with Crippen molar-refractivity contribution in [2.45, 2.75) is 51.2 Å². The standard InChI is InChI=1S/C28H30FN7O2/c29-14-20-9-21(15-30)11-23(10-20)25-5-8-38-36(25)28(37)22-3-6-34(7-4-22)26-13-27(32-17-31-26)35-16-24(33-18-35)12-19-1-2-19/h9-11,13,16-19,22,25H,1-8,12,14H2/t25-/m0/s1. The molecule has 2 saturated heterocycles. The molecule has 1 aliphatic carbocycles. The number of rotatable bonds is 7. The molecule has 3 aromatic rings. The fourth-order valence-corrected chi connectivity index (χ4v) is 5.44. The molecule has 9 nitrogen and oxygen atoms in total. The minimum Gasteiger partial charge on any atom is -0.356 e. The van der Waals surface area contributed by atoms with Crippen LogP contribution in [0.3, 0.4) is 0 Å². The van der Waals surface area contributed by atoms with E-state index in [-0.39, 0.29) is 17.9 Å². The molecule has 6 rings (SSSR count). The lowest BCUT2D eigenvalue weighted by atomic mass is 9.94. The lowest BCUT2D eigenvalue weighted by Gasteiger charge is -2.34. The van der Waals surface area contributed by atoms with E-state index in [9.17, 15) is 14.4 Å². The maximum absolute atomic E-state index is 13.5. The number of alkyl halides is 1. The van der Waals surface area contributed by atoms with Crippen molar-refractivity contribution in [1.82, 2.24) is 24.6 Å². The molecule has 2 aliphatic heterocycles. The highest BCUT2D eigenvalue weighted by atomic mass is 19.1. The number of aromatic nitrogens is 4. The first-order valence-corrected chi connectivity index (χ1v) is 13.3. The summed E-state index contributed by atoms with van der Waals surface area (Å²) in [4.78, 5) is 34.9. The van der Waals surface area contributed by atoms with Crippen LogP contribution >= 0.6 is 0 Å². The summed E-state index contributed by atoms with van der Waals surface area (Å²) in [6, 6.07) is 8.73. The van der Waals surface area contributed by atoms with Gasteiger partial charge in [-0.2, -0.15) is 5.26 Å². The maximum Gasteiger partial charge on any atom is 0.249 e. The highest BCUT2D eigenvalue weighted by Gasteiger charge is 2.37. The van der Waals surface area contributed by atoms with Crippen molar-refractivity contribution in [2.75, 3.05) is 24.6 Å². The van der Waals surface area contributed by atoms with Gasteiger partial charge in [0, 0.05) is 37.7 Å². The van der Waals surface area contributed by atoms with Crippen molar-refractivity contribution in [3.63, 3.8) is 0 Å². The van der Waals surface area contributed by atoms with Gasteiger partial charge in [0.1, 0.15) is 31.0 Å². The number of carbonyl (C=O) groups is 1. The normalized spacial score (nSPS) is 20.1. The predicted octanol–water partition coefficient (Wildman–Crippen LogP) is 4.08. The van der Waals surface area contributed by atoms with E-state index in [4.69, 9.17) is 4.84 Å². The zero-order valence-electron chi connectivity index (χ0n) is 21.2. The summed E-state index contributed by atoms with van der Waals surface area (Å²) in [5, 5.41) is 10.8. The molecule has 1 amide bonds. The largest absolute Gasteiger partial charge is 0.356 e. The Bertz CT molecular complexity index is 1360. The number of benzene rings is 1. The quantitative estimate of drug-likeness (QED) is 0.467. The Morgan fingerprint density at radius 1 is 1.05 bits per heavy atom. The van der Waals surface area contributed by atoms with Gasteiger partial charge in [0.2, 0.25) is 5.91 Å². The third kappa shape index (κ3) is 5.11. The molecule has 1 aromatic carbocycles. The van der Waals surface area contributed by atoms with Gasteiger partial charge in [-0.05, 0) is 61.3 Å². The molecule has 0 spiro atoms. The van der Waals surface area contributed by atoms with Crippen molar-refractivity contribution < 1.29 is 14.0 Å². The van der Waals surface area contributed by atoms with Crippen LogP contribution in [0.1, 0.15) is 60.5 Å². The van der Waals surface area contributed by atoms with Crippen molar-refractivity contribution in [3.05, 3.63) is 65.5 Å². The summed E-state index contributed by atoms with van der Waals surface area (Å²) < 4.78 is 15.3. The van der Waals surface area contributed by atoms with Crippen LogP contribution in [0.2, 0.25) is 0 Å². The molecular weight excluding hydrogens is 485 g/mol. The number of carbonyl (C=O) groups excluding carboxylic acids is 1. The zero-order valence-corrected chi connectivity index (χ0v) is 21.2. The molecule has 4 heterocycles. The fraction of sp³-hybridized carbons (Fsp3) is 0.464. The topological polar surface area (TPSA) is 100 Å². The number of hydrogen-bond acceptors (Lipinski definition) is 7. The monoisotopic (exact) mass is 515 g/mol. The Hall–Kier alpha value is -3.84. The van der Waals surface area contributed by atoms with Gasteiger partial charge in [0.25, 0.3) is 0 Å². The molecule has 196 valence electrons. The van der Waals surface area contributed by atoms with E-state index < -0.39 is 6.67 Å². The van der Waals surface area contributed by atoms with Crippen molar-refractivity contribution >= 4 is 11.7 Å². The minimum atomic E-state index is -0.657. The van der Waals surface area contributed by atoms with E-state index in [0.717, 1.165) is 35.2 Å². The SMILES string of the molecule is N#Cc1cc(CF)cc([C@@H]2CCON2C(=O)C2CCN(c3cc(-n4cnc(CC5CC5)c4)ncn3)CC2)c1. The fourth-order valence-electron chi connectivity index (χ4n) is 5.44. The predicted molar refractivity (Wildman–Crippen MR) is 137 cm³/mol. The zero-order chi connectivity index (χ0) is 26.1. The van der Waals surface area contributed by atoms with Gasteiger partial charge in [-0.15, -0.1) is 0 Å². The summed E-state index contributed by atoms with van der Waals surface area (Å²) in [5.74, 6) is 2.16. The summed E-state index contributed by atoms with van der Waals surface area (Å²) in [7, 11) is 0. The first kappa shape index (κ1) is 24.5. The number of hydrogen-bond donors (Lipinski definition) is 0. The number of anilines is 1. The van der Waals surface area contributed by atoms with Gasteiger partial charge in [-0.1, -0.05) is 6.07 Å². The van der Waals surface area contributed by atoms with Crippen molar-refractivity contribution in [2.24, 2.45) is 11.8 Å². The highest BCUT2D eigenvalue weighted by Crippen LogP contribution is 2.35. The van der Waals surface area contributed by atoms with Crippen LogP contribution in [-0.4, -0.2) is 50.2 Å². The molecule has 0 bridgehead atoms. The van der Waals surface area contributed by atoms with Crippen LogP contribution in [-0.2, 0) is 22.7 Å². The second-order valence-electron chi connectivity index (χ2n) is 10.4. The second kappa shape index (κ2) is 10.5. The van der Waals surface area contributed by atoms with Gasteiger partial charge >= 0.3 is 0 Å². The summed E-state index contributed by atoms with van der Waals surface area (Å²) in [6.07, 6.45) is 11.0. The van der Waals surface area contributed by atoms with Crippen LogP contribution in [0.4, 0.5) is 10.2 Å². The number of amides is 1. The molecule has 0 radical (unpaired) electrons. The number of imidazole rings is 1. The maximum atomic E-state index is 13.5. The number of halogens is 1. The van der Waals surface area contributed by atoms with Gasteiger partial charge in [-0.3, -0.25) is 14.2 Å². The Kier molecular flexibility index (Phi) is 6.77. The van der Waals surface area contributed by atoms with Gasteiger partial charge < -0.3 is 4.90 Å². The van der Waals surface area contributed by atoms with Gasteiger partial charge in [0.15, 0.2) is 0 Å². The highest BCUT2D eigenvalue weighted by molar-refractivity contribution is 5.79. The first-order valence-electron chi connectivity index (χ1n) is 13.3. The van der Waals surface area contributed by atoms with E-state index in [1.807, 2.05) is 23.2 Å². The molecule has 10 heteroatoms. The van der Waals surface area contributed by atoms with E-state index in [0.29, 0.717) is 50.1 Å². The lowest BCUT2D eigenvalue weighted by molar-refractivity contribution is -0.182. The Labute approximate surface area is 220 Å². The van der Waals surface area contributed by atoms with Crippen LogP contribution < -0.4 is 4.90 Å². The van der Waals surface area contributed by atoms with E-state index in [1.54, 1.807) is 24.5 Å². The Morgan fingerprint density at radius 3 is 2.63 bits per heavy atom. The summed E-state index contributed by atoms with van der Waals surface area (Å²) in [5.41, 5.74) is 2.66. The smallest absolute Gasteiger partial charge is 0.249 e. The Morgan fingerprint density at radius 2 is 1.87 bits per heavy atom. The number of hydroxylamine groups is 2. The molecule has 3 aliphatic rings. The Balaban J connectivity index is 1.10. The third-order valence-corrected chi connectivity index (χ3v) is 7.71. The molecule has 38 heavy (non-hydrogen) atoms. The summed E-state index contributed by atoms with van der Waals surface area (Å²) >= 11 is 0. The molecule has 2 aromatic heterocycles. The van der Waals surface area contributed by atoms with Crippen molar-refractivity contribution in [1.29, 1.82) is 5.26 Å². The van der Waals surface area contributed by atoms with E-state index in [1.165, 1.54) is 17.9 Å². The van der Waals surface area contributed by atoms with Crippen LogP contribution in [0.5, 0.6) is 0 Å². The third-order valence-electron chi connectivity index (χ3n) is 7.71. The minimum absolute atomic E-state index is 0.0544. The molecule has 3 fully saturated rings. The van der Waals surface area contributed by atoms with Crippen molar-refractivity contribution in [3.8, 4) is 11.9 Å². The van der Waals surface area contributed by atoms with E-state index >= 15 is 0 Å². The van der Waals surface area contributed by atoms with Crippen LogP contribution in [0, 0.1) is 23.2 Å².